The van der Waals surface area contributed by atoms with E-state index >= 15 is 0 Å². The first-order chi connectivity index (χ1) is 17.4. The number of ether oxygens (including phenoxy) is 2. The van der Waals surface area contributed by atoms with Crippen molar-refractivity contribution in [1.82, 2.24) is 0 Å². The number of nitrogens with two attached hydrogens (primary N) is 2. The molecular weight excluding hydrogens is 456 g/mol. The second-order valence-corrected chi connectivity index (χ2v) is 11.6. The van der Waals surface area contributed by atoms with Crippen molar-refractivity contribution >= 4 is 11.4 Å². The summed E-state index contributed by atoms with van der Waals surface area (Å²) in [4.78, 5) is 0. The van der Waals surface area contributed by atoms with E-state index in [1.54, 1.807) is 0 Å². The Balaban J connectivity index is 1.75. The zero-order chi connectivity index (χ0) is 26.8. The predicted octanol–water partition coefficient (Wildman–Crippen LogP) is 8.81. The summed E-state index contributed by atoms with van der Waals surface area (Å²) in [7, 11) is 0. The lowest BCUT2D eigenvalue weighted by molar-refractivity contribution is 0.0906. The third kappa shape index (κ3) is 5.01. The summed E-state index contributed by atoms with van der Waals surface area (Å²) < 4.78 is 12.2. The van der Waals surface area contributed by atoms with Crippen LogP contribution in [0.4, 0.5) is 11.4 Å². The quantitative estimate of drug-likeness (QED) is 0.263. The Labute approximate surface area is 221 Å². The molecular formula is C33H38N2O2. The van der Waals surface area contributed by atoms with Crippen molar-refractivity contribution in [2.45, 2.75) is 47.0 Å². The van der Waals surface area contributed by atoms with Crippen LogP contribution in [0.5, 0.6) is 23.0 Å². The summed E-state index contributed by atoms with van der Waals surface area (Å²) in [6.45, 7) is 13.8. The second kappa shape index (κ2) is 9.85. The molecule has 0 bridgehead atoms. The molecule has 0 aliphatic carbocycles. The van der Waals surface area contributed by atoms with Crippen molar-refractivity contribution in [2.24, 2.45) is 10.8 Å². The molecule has 4 aromatic carbocycles. The van der Waals surface area contributed by atoms with E-state index in [9.17, 15) is 0 Å². The van der Waals surface area contributed by atoms with Crippen molar-refractivity contribution in [3.8, 4) is 23.0 Å². The van der Waals surface area contributed by atoms with Gasteiger partial charge in [0.15, 0.2) is 0 Å². The molecule has 4 N–H and O–H groups in total. The fourth-order valence-corrected chi connectivity index (χ4v) is 5.97. The first-order valence-electron chi connectivity index (χ1n) is 12.7. The number of hydrogen-bond acceptors (Lipinski definition) is 4. The van der Waals surface area contributed by atoms with Gasteiger partial charge in [-0.15, -0.1) is 0 Å². The minimum Gasteiger partial charge on any atom is -0.455 e. The van der Waals surface area contributed by atoms with Crippen molar-refractivity contribution in [2.75, 3.05) is 11.5 Å². The topological polar surface area (TPSA) is 70.5 Å². The summed E-state index contributed by atoms with van der Waals surface area (Å²) in [5.74, 6) is 2.82. The van der Waals surface area contributed by atoms with Crippen molar-refractivity contribution in [1.29, 1.82) is 0 Å². The maximum atomic E-state index is 6.08. The van der Waals surface area contributed by atoms with Crippen LogP contribution in [-0.2, 0) is 5.41 Å². The average molecular weight is 495 g/mol. The zero-order valence-corrected chi connectivity index (χ0v) is 22.7. The van der Waals surface area contributed by atoms with E-state index in [0.29, 0.717) is 22.9 Å². The lowest BCUT2D eigenvalue weighted by atomic mass is 9.48. The smallest absolute Gasteiger partial charge is 0.150 e. The normalized spacial score (nSPS) is 12.3. The summed E-state index contributed by atoms with van der Waals surface area (Å²) in [6.07, 6.45) is 0. The fraction of sp³-hybridized carbons (Fsp3) is 0.273. The van der Waals surface area contributed by atoms with Gasteiger partial charge in [-0.05, 0) is 70.5 Å². The number of benzene rings is 4. The van der Waals surface area contributed by atoms with Crippen LogP contribution in [0.2, 0.25) is 0 Å². The fourth-order valence-electron chi connectivity index (χ4n) is 5.97. The molecule has 4 rings (SSSR count). The molecule has 0 fully saturated rings. The Morgan fingerprint density at radius 1 is 0.459 bits per heavy atom. The molecule has 0 amide bonds. The molecule has 192 valence electrons. The number of anilines is 2. The van der Waals surface area contributed by atoms with Crippen LogP contribution in [0.1, 0.15) is 52.7 Å². The SMILES string of the molecule is CC(C)(C)C(c1ccc(Oc2ccccc2N)cc1)(c1ccc(Oc2ccccc2N)cc1)C(C)(C)C. The molecule has 4 nitrogen and oxygen atoms in total. The molecule has 4 heteroatoms. The van der Waals surface area contributed by atoms with E-state index in [2.05, 4.69) is 65.8 Å². The number of rotatable bonds is 6. The van der Waals surface area contributed by atoms with Crippen LogP contribution in [0.25, 0.3) is 0 Å². The van der Waals surface area contributed by atoms with Crippen molar-refractivity contribution in [3.05, 3.63) is 108 Å². The maximum Gasteiger partial charge on any atom is 0.150 e. The molecule has 0 atom stereocenters. The maximum absolute atomic E-state index is 6.08. The highest BCUT2D eigenvalue weighted by Gasteiger charge is 2.52. The van der Waals surface area contributed by atoms with Gasteiger partial charge in [-0.25, -0.2) is 0 Å². The van der Waals surface area contributed by atoms with Crippen LogP contribution >= 0.6 is 0 Å². The van der Waals surface area contributed by atoms with Crippen molar-refractivity contribution < 1.29 is 9.47 Å². The molecule has 0 radical (unpaired) electrons. The van der Waals surface area contributed by atoms with Crippen LogP contribution in [-0.4, -0.2) is 0 Å². The predicted molar refractivity (Wildman–Crippen MR) is 154 cm³/mol. The summed E-state index contributed by atoms with van der Waals surface area (Å²) in [5.41, 5.74) is 15.3. The third-order valence-electron chi connectivity index (χ3n) is 7.12. The molecule has 37 heavy (non-hydrogen) atoms. The summed E-state index contributed by atoms with van der Waals surface area (Å²) >= 11 is 0. The average Bonchev–Trinajstić information content (AvgIpc) is 2.83. The van der Waals surface area contributed by atoms with Crippen LogP contribution in [0.15, 0.2) is 97.1 Å². The highest BCUT2D eigenvalue weighted by Crippen LogP contribution is 2.57. The Morgan fingerprint density at radius 2 is 0.784 bits per heavy atom. The van der Waals surface area contributed by atoms with Gasteiger partial charge in [-0.3, -0.25) is 0 Å². The van der Waals surface area contributed by atoms with E-state index in [1.807, 2.05) is 72.8 Å². The number of hydrogen-bond donors (Lipinski definition) is 2. The van der Waals surface area contributed by atoms with Gasteiger partial charge < -0.3 is 20.9 Å². The Morgan fingerprint density at radius 3 is 1.08 bits per heavy atom. The van der Waals surface area contributed by atoms with Crippen LogP contribution in [0.3, 0.4) is 0 Å². The van der Waals surface area contributed by atoms with E-state index in [0.717, 1.165) is 11.5 Å². The summed E-state index contributed by atoms with van der Waals surface area (Å²) in [5, 5.41) is 0. The van der Waals surface area contributed by atoms with Gasteiger partial charge in [0, 0.05) is 5.41 Å². The minimum atomic E-state index is -0.311. The molecule has 0 unspecified atom stereocenters. The molecule has 4 aromatic rings. The van der Waals surface area contributed by atoms with E-state index in [-0.39, 0.29) is 16.2 Å². The third-order valence-corrected chi connectivity index (χ3v) is 7.12. The summed E-state index contributed by atoms with van der Waals surface area (Å²) in [6, 6.07) is 31.9. The van der Waals surface area contributed by atoms with E-state index in [4.69, 9.17) is 20.9 Å². The first-order valence-corrected chi connectivity index (χ1v) is 12.7. The molecule has 0 heterocycles. The Kier molecular flexibility index (Phi) is 6.96. The lowest BCUT2D eigenvalue weighted by Crippen LogP contribution is -2.51. The highest BCUT2D eigenvalue weighted by atomic mass is 16.5. The number of para-hydroxylation sites is 4. The molecule has 0 saturated heterocycles. The van der Waals surface area contributed by atoms with Crippen LogP contribution < -0.4 is 20.9 Å². The van der Waals surface area contributed by atoms with Gasteiger partial charge >= 0.3 is 0 Å². The van der Waals surface area contributed by atoms with Gasteiger partial charge in [0.2, 0.25) is 0 Å². The largest absolute Gasteiger partial charge is 0.455 e. The van der Waals surface area contributed by atoms with Gasteiger partial charge in [-0.1, -0.05) is 90.1 Å². The standard InChI is InChI=1S/C33H38N2O2/c1-31(2,3)33(32(4,5)6,23-15-19-25(20-16-23)36-29-13-9-7-11-27(29)34)24-17-21-26(22-18-24)37-30-14-10-8-12-28(30)35/h7-22H,34-35H2,1-6H3. The molecule has 0 saturated carbocycles. The van der Waals surface area contributed by atoms with E-state index in [1.165, 1.54) is 11.1 Å². The molecule has 0 aliphatic rings. The van der Waals surface area contributed by atoms with Gasteiger partial charge in [-0.2, -0.15) is 0 Å². The van der Waals surface area contributed by atoms with Gasteiger partial charge in [0.1, 0.15) is 23.0 Å². The van der Waals surface area contributed by atoms with Crippen LogP contribution in [0, 0.1) is 10.8 Å². The Hall–Kier alpha value is -3.92. The van der Waals surface area contributed by atoms with Gasteiger partial charge in [0.25, 0.3) is 0 Å². The molecule has 0 aliphatic heterocycles. The molecule has 0 spiro atoms. The van der Waals surface area contributed by atoms with Crippen molar-refractivity contribution in [3.63, 3.8) is 0 Å². The molecule has 0 aromatic heterocycles. The van der Waals surface area contributed by atoms with Gasteiger partial charge in [0.05, 0.1) is 11.4 Å². The van der Waals surface area contributed by atoms with E-state index < -0.39 is 0 Å². The zero-order valence-electron chi connectivity index (χ0n) is 22.7. The Bertz CT molecular complexity index is 1240. The monoisotopic (exact) mass is 494 g/mol. The minimum absolute atomic E-state index is 0.107. The second-order valence-electron chi connectivity index (χ2n) is 11.6. The lowest BCUT2D eigenvalue weighted by Gasteiger charge is -2.55. The number of nitrogen functional groups attached to an aromatic ring is 2. The first kappa shape index (κ1) is 26.2. The highest BCUT2D eigenvalue weighted by molar-refractivity contribution is 5.55.